The van der Waals surface area contributed by atoms with E-state index < -0.39 is 17.7 Å². The van der Waals surface area contributed by atoms with Gasteiger partial charge in [-0.1, -0.05) is 23.7 Å². The maximum atomic E-state index is 13.2. The molecule has 0 aliphatic carbocycles. The number of benzene rings is 3. The standard InChI is InChI=1S/C26H23ClN4O4/c1-15-5-4-6-21(16(15)2)29-24(32)23-14-17-13-18(27)7-12-22(17)31(23)30-26(34)25(33)28-19-8-10-20(35-3)11-9-19/h4-14H,1-3H3,(H,28,33)(H,29,32)(H,30,34). The molecule has 0 unspecified atom stereocenters. The first-order chi connectivity index (χ1) is 16.8. The van der Waals surface area contributed by atoms with Crippen molar-refractivity contribution < 1.29 is 19.1 Å². The molecule has 0 aliphatic rings. The smallest absolute Gasteiger partial charge is 0.328 e. The summed E-state index contributed by atoms with van der Waals surface area (Å²) in [6.07, 6.45) is 0. The van der Waals surface area contributed by atoms with Gasteiger partial charge in [0.25, 0.3) is 5.91 Å². The summed E-state index contributed by atoms with van der Waals surface area (Å²) in [5, 5.41) is 6.50. The lowest BCUT2D eigenvalue weighted by molar-refractivity contribution is -0.133. The Morgan fingerprint density at radius 3 is 2.34 bits per heavy atom. The zero-order chi connectivity index (χ0) is 25.1. The van der Waals surface area contributed by atoms with Crippen LogP contribution in [-0.4, -0.2) is 29.5 Å². The molecule has 8 nitrogen and oxygen atoms in total. The lowest BCUT2D eigenvalue weighted by atomic mass is 10.1. The topological polar surface area (TPSA) is 101 Å². The molecular weight excluding hydrogens is 468 g/mol. The third-order valence-corrected chi connectivity index (χ3v) is 5.85. The molecule has 0 saturated heterocycles. The van der Waals surface area contributed by atoms with E-state index in [1.165, 1.54) is 11.8 Å². The summed E-state index contributed by atoms with van der Waals surface area (Å²) in [5.41, 5.74) is 6.18. The van der Waals surface area contributed by atoms with E-state index in [1.807, 2.05) is 26.0 Å². The molecule has 0 atom stereocenters. The molecule has 0 spiro atoms. The Morgan fingerprint density at radius 1 is 0.886 bits per heavy atom. The van der Waals surface area contributed by atoms with Crippen molar-refractivity contribution in [1.82, 2.24) is 4.68 Å². The monoisotopic (exact) mass is 490 g/mol. The number of carbonyl (C=O) groups excluding carboxylic acids is 3. The average Bonchev–Trinajstić information content (AvgIpc) is 3.19. The van der Waals surface area contributed by atoms with Crippen LogP contribution in [0.4, 0.5) is 11.4 Å². The minimum absolute atomic E-state index is 0.133. The van der Waals surface area contributed by atoms with Gasteiger partial charge in [-0.15, -0.1) is 0 Å². The predicted molar refractivity (Wildman–Crippen MR) is 137 cm³/mol. The normalized spacial score (nSPS) is 10.6. The number of amides is 3. The molecule has 3 N–H and O–H groups in total. The van der Waals surface area contributed by atoms with Crippen LogP contribution in [-0.2, 0) is 9.59 Å². The van der Waals surface area contributed by atoms with E-state index in [4.69, 9.17) is 16.3 Å². The number of anilines is 2. The van der Waals surface area contributed by atoms with Crippen LogP contribution in [0.15, 0.2) is 66.7 Å². The highest BCUT2D eigenvalue weighted by Gasteiger charge is 2.21. The Morgan fingerprint density at radius 2 is 1.63 bits per heavy atom. The lowest BCUT2D eigenvalue weighted by Gasteiger charge is -2.14. The molecule has 4 rings (SSSR count). The number of fused-ring (bicyclic) bond motifs is 1. The molecule has 0 bridgehead atoms. The van der Waals surface area contributed by atoms with Gasteiger partial charge in [0.2, 0.25) is 0 Å². The van der Waals surface area contributed by atoms with Gasteiger partial charge >= 0.3 is 11.8 Å². The van der Waals surface area contributed by atoms with Crippen molar-refractivity contribution >= 4 is 51.6 Å². The summed E-state index contributed by atoms with van der Waals surface area (Å²) in [5.74, 6) is -1.69. The molecule has 9 heteroatoms. The van der Waals surface area contributed by atoms with Gasteiger partial charge < -0.3 is 15.4 Å². The first-order valence-corrected chi connectivity index (χ1v) is 11.1. The fraction of sp³-hybridized carbons (Fsp3) is 0.115. The molecule has 35 heavy (non-hydrogen) atoms. The summed E-state index contributed by atoms with van der Waals surface area (Å²) in [4.78, 5) is 38.5. The first kappa shape index (κ1) is 23.8. The van der Waals surface area contributed by atoms with Gasteiger partial charge in [-0.25, -0.2) is 4.68 Å². The van der Waals surface area contributed by atoms with Crippen molar-refractivity contribution in [2.75, 3.05) is 23.2 Å². The van der Waals surface area contributed by atoms with E-state index in [2.05, 4.69) is 16.1 Å². The van der Waals surface area contributed by atoms with Crippen LogP contribution in [0.2, 0.25) is 5.02 Å². The van der Waals surface area contributed by atoms with Crippen LogP contribution < -0.4 is 20.8 Å². The summed E-state index contributed by atoms with van der Waals surface area (Å²) in [6.45, 7) is 3.86. The number of hydrogen-bond acceptors (Lipinski definition) is 4. The Kier molecular flexibility index (Phi) is 6.75. The van der Waals surface area contributed by atoms with Crippen molar-refractivity contribution in [1.29, 1.82) is 0 Å². The van der Waals surface area contributed by atoms with Gasteiger partial charge in [0.1, 0.15) is 11.4 Å². The second-order valence-corrected chi connectivity index (χ2v) is 8.33. The van der Waals surface area contributed by atoms with E-state index >= 15 is 0 Å². The van der Waals surface area contributed by atoms with Gasteiger partial charge in [-0.05, 0) is 79.6 Å². The molecule has 0 radical (unpaired) electrons. The fourth-order valence-corrected chi connectivity index (χ4v) is 3.74. The van der Waals surface area contributed by atoms with Crippen LogP contribution in [0.25, 0.3) is 10.9 Å². The van der Waals surface area contributed by atoms with Gasteiger partial charge in [-0.2, -0.15) is 0 Å². The highest BCUT2D eigenvalue weighted by Crippen LogP contribution is 2.25. The van der Waals surface area contributed by atoms with Gasteiger partial charge in [0.15, 0.2) is 0 Å². The Labute approximate surface area is 206 Å². The number of halogens is 1. The highest BCUT2D eigenvalue weighted by molar-refractivity contribution is 6.42. The molecule has 3 amide bonds. The van der Waals surface area contributed by atoms with E-state index in [9.17, 15) is 14.4 Å². The predicted octanol–water partition coefficient (Wildman–Crippen LogP) is 4.88. The number of aromatic nitrogens is 1. The largest absolute Gasteiger partial charge is 0.497 e. The number of aryl methyl sites for hydroxylation is 1. The van der Waals surface area contributed by atoms with Crippen LogP contribution >= 0.6 is 11.6 Å². The highest BCUT2D eigenvalue weighted by atomic mass is 35.5. The van der Waals surface area contributed by atoms with E-state index in [0.717, 1.165) is 11.1 Å². The quantitative estimate of drug-likeness (QED) is 0.347. The number of hydrogen-bond donors (Lipinski definition) is 3. The molecule has 3 aromatic carbocycles. The van der Waals surface area contributed by atoms with Gasteiger partial charge in [0, 0.05) is 21.8 Å². The Balaban J connectivity index is 1.62. The number of rotatable bonds is 5. The molecule has 1 heterocycles. The first-order valence-electron chi connectivity index (χ1n) is 10.7. The van der Waals surface area contributed by atoms with Crippen molar-refractivity contribution in [2.45, 2.75) is 13.8 Å². The van der Waals surface area contributed by atoms with Crippen molar-refractivity contribution in [3.8, 4) is 5.75 Å². The maximum absolute atomic E-state index is 13.2. The molecular formula is C26H23ClN4O4. The van der Waals surface area contributed by atoms with Crippen LogP contribution in [0.1, 0.15) is 21.6 Å². The number of nitrogens with zero attached hydrogens (tertiary/aromatic N) is 1. The summed E-state index contributed by atoms with van der Waals surface area (Å²) >= 11 is 6.13. The molecule has 0 aliphatic heterocycles. The fourth-order valence-electron chi connectivity index (χ4n) is 3.56. The average molecular weight is 491 g/mol. The second kappa shape index (κ2) is 9.90. The van der Waals surface area contributed by atoms with E-state index in [-0.39, 0.29) is 5.69 Å². The van der Waals surface area contributed by atoms with Crippen molar-refractivity contribution in [3.63, 3.8) is 0 Å². The zero-order valence-electron chi connectivity index (χ0n) is 19.3. The van der Waals surface area contributed by atoms with Crippen LogP contribution in [0, 0.1) is 13.8 Å². The van der Waals surface area contributed by atoms with Crippen molar-refractivity contribution in [3.05, 3.63) is 88.6 Å². The summed E-state index contributed by atoms with van der Waals surface area (Å²) < 4.78 is 6.37. The molecule has 0 saturated carbocycles. The molecule has 0 fully saturated rings. The minimum Gasteiger partial charge on any atom is -0.497 e. The molecule has 178 valence electrons. The molecule has 1 aromatic heterocycles. The summed E-state index contributed by atoms with van der Waals surface area (Å²) in [7, 11) is 1.53. The van der Waals surface area contributed by atoms with E-state index in [0.29, 0.717) is 33.0 Å². The number of methoxy groups -OCH3 is 1. The maximum Gasteiger partial charge on any atom is 0.328 e. The van der Waals surface area contributed by atoms with Crippen LogP contribution in [0.3, 0.4) is 0 Å². The van der Waals surface area contributed by atoms with Gasteiger partial charge in [-0.3, -0.25) is 19.8 Å². The van der Waals surface area contributed by atoms with Crippen LogP contribution in [0.5, 0.6) is 5.75 Å². The number of ether oxygens (including phenoxy) is 1. The van der Waals surface area contributed by atoms with Gasteiger partial charge in [0.05, 0.1) is 12.6 Å². The minimum atomic E-state index is -0.950. The zero-order valence-corrected chi connectivity index (χ0v) is 20.1. The second-order valence-electron chi connectivity index (χ2n) is 7.89. The van der Waals surface area contributed by atoms with Crippen molar-refractivity contribution in [2.24, 2.45) is 0 Å². The number of carbonyl (C=O) groups is 3. The third kappa shape index (κ3) is 5.12. The Bertz CT molecular complexity index is 1440. The number of nitrogens with one attached hydrogen (secondary N) is 3. The molecule has 4 aromatic rings. The SMILES string of the molecule is COc1ccc(NC(=O)C(=O)Nn2c(C(=O)Nc3cccc(C)c3C)cc3cc(Cl)ccc32)cc1. The van der Waals surface area contributed by atoms with E-state index in [1.54, 1.807) is 54.6 Å². The summed E-state index contributed by atoms with van der Waals surface area (Å²) in [6, 6.07) is 18.7. The Hall–Kier alpha value is -4.30. The lowest BCUT2D eigenvalue weighted by Crippen LogP contribution is -2.36. The third-order valence-electron chi connectivity index (χ3n) is 5.62.